The first kappa shape index (κ1) is 24.7. The summed E-state index contributed by atoms with van der Waals surface area (Å²) in [7, 11) is 0. The number of nitro benzene ring substituents is 1. The second-order valence-corrected chi connectivity index (χ2v) is 8.94. The van der Waals surface area contributed by atoms with Gasteiger partial charge in [0.15, 0.2) is 11.5 Å². The van der Waals surface area contributed by atoms with Gasteiger partial charge in [0.05, 0.1) is 23.8 Å². The second-order valence-electron chi connectivity index (χ2n) is 8.94. The van der Waals surface area contributed by atoms with E-state index in [2.05, 4.69) is 15.3 Å². The minimum absolute atomic E-state index is 0.0650. The molecule has 37 heavy (non-hydrogen) atoms. The van der Waals surface area contributed by atoms with Crippen molar-refractivity contribution in [1.29, 1.82) is 0 Å². The number of carbonyl (C=O) groups excluding carboxylic acids is 2. The molecule has 1 N–H and O–H groups in total. The first-order chi connectivity index (χ1) is 17.9. The number of nitro groups is 1. The van der Waals surface area contributed by atoms with Gasteiger partial charge >= 0.3 is 0 Å². The normalized spacial score (nSPS) is 19.0. The second kappa shape index (κ2) is 10.5. The van der Waals surface area contributed by atoms with Crippen LogP contribution >= 0.6 is 0 Å². The highest BCUT2D eigenvalue weighted by molar-refractivity contribution is 6.15. The number of nitrogens with one attached hydrogen (secondary N) is 1. The number of nitrogens with zero attached hydrogens (tertiary/aromatic N) is 4. The van der Waals surface area contributed by atoms with Crippen LogP contribution in [0.2, 0.25) is 0 Å². The fourth-order valence-corrected chi connectivity index (χ4v) is 4.63. The van der Waals surface area contributed by atoms with Gasteiger partial charge in [0.2, 0.25) is 18.6 Å². The lowest BCUT2D eigenvalue weighted by atomic mass is 9.93. The molecular formula is C25H27N5O7. The van der Waals surface area contributed by atoms with Crippen molar-refractivity contribution >= 4 is 23.2 Å². The van der Waals surface area contributed by atoms with Gasteiger partial charge in [-0.1, -0.05) is 0 Å². The summed E-state index contributed by atoms with van der Waals surface area (Å²) in [6, 6.07) is 8.59. The first-order valence-electron chi connectivity index (χ1n) is 12.0. The number of non-ortho nitro benzene ring substituents is 1. The van der Waals surface area contributed by atoms with Gasteiger partial charge in [-0.2, -0.15) is 5.10 Å². The molecule has 3 aliphatic heterocycles. The molecule has 2 aromatic rings. The molecule has 12 nitrogen and oxygen atoms in total. The fourth-order valence-electron chi connectivity index (χ4n) is 4.63. The minimum atomic E-state index is -0.892. The van der Waals surface area contributed by atoms with Crippen LogP contribution in [0.25, 0.3) is 0 Å². The predicted molar refractivity (Wildman–Crippen MR) is 132 cm³/mol. The Morgan fingerprint density at radius 3 is 2.51 bits per heavy atom. The lowest BCUT2D eigenvalue weighted by Crippen LogP contribution is -2.49. The third-order valence-corrected chi connectivity index (χ3v) is 6.58. The zero-order valence-electron chi connectivity index (χ0n) is 20.3. The van der Waals surface area contributed by atoms with Crippen LogP contribution in [0.3, 0.4) is 0 Å². The van der Waals surface area contributed by atoms with E-state index < -0.39 is 16.9 Å². The summed E-state index contributed by atoms with van der Waals surface area (Å²) in [6.45, 7) is 5.48. The van der Waals surface area contributed by atoms with Crippen molar-refractivity contribution in [3.05, 3.63) is 63.2 Å². The summed E-state index contributed by atoms with van der Waals surface area (Å²) in [5.41, 5.74) is 2.31. The molecule has 12 heteroatoms. The van der Waals surface area contributed by atoms with Gasteiger partial charge in [-0.05, 0) is 29.8 Å². The van der Waals surface area contributed by atoms with Gasteiger partial charge in [0, 0.05) is 62.8 Å². The van der Waals surface area contributed by atoms with E-state index in [4.69, 9.17) is 14.2 Å². The summed E-state index contributed by atoms with van der Waals surface area (Å²) >= 11 is 0. The molecule has 194 valence electrons. The molecule has 0 aliphatic carbocycles. The Morgan fingerprint density at radius 2 is 1.84 bits per heavy atom. The average Bonchev–Trinajstić information content (AvgIpc) is 3.28. The van der Waals surface area contributed by atoms with Gasteiger partial charge in [-0.15, -0.1) is 0 Å². The van der Waals surface area contributed by atoms with Gasteiger partial charge in [0.1, 0.15) is 6.04 Å². The maximum Gasteiger partial charge on any atom is 0.269 e. The quantitative estimate of drug-likeness (QED) is 0.455. The number of benzene rings is 2. The molecule has 1 unspecified atom stereocenters. The fraction of sp³-hybridized carbons (Fsp3) is 0.400. The highest BCUT2D eigenvalue weighted by Gasteiger charge is 2.34. The number of hydrazone groups is 1. The van der Waals surface area contributed by atoms with Crippen molar-refractivity contribution in [1.82, 2.24) is 15.2 Å². The SMILES string of the molecule is CC(=O)N1N=C(c2ccc([N+](=O)[O-])cc2)c2cc3c(cc2CC1C(=O)NCCN1CCOCC1)OCO3. The van der Waals surface area contributed by atoms with Gasteiger partial charge in [-0.25, -0.2) is 5.01 Å². The number of morpholine rings is 1. The number of rotatable bonds is 6. The van der Waals surface area contributed by atoms with E-state index in [-0.39, 0.29) is 24.8 Å². The Kier molecular flexibility index (Phi) is 7.01. The van der Waals surface area contributed by atoms with E-state index in [0.717, 1.165) is 18.7 Å². The number of ether oxygens (including phenoxy) is 3. The molecule has 1 fully saturated rings. The Labute approximate surface area is 212 Å². The van der Waals surface area contributed by atoms with Crippen LogP contribution in [0.4, 0.5) is 5.69 Å². The monoisotopic (exact) mass is 509 g/mol. The van der Waals surface area contributed by atoms with Crippen LogP contribution in [-0.4, -0.2) is 84.6 Å². The number of hydrogen-bond donors (Lipinski definition) is 1. The Balaban J connectivity index is 1.48. The van der Waals surface area contributed by atoms with Crippen LogP contribution in [0.15, 0.2) is 41.5 Å². The zero-order valence-corrected chi connectivity index (χ0v) is 20.3. The van der Waals surface area contributed by atoms with Gasteiger partial charge in [0.25, 0.3) is 5.69 Å². The Morgan fingerprint density at radius 1 is 1.14 bits per heavy atom. The average molecular weight is 510 g/mol. The van der Waals surface area contributed by atoms with E-state index in [1.54, 1.807) is 24.3 Å². The van der Waals surface area contributed by atoms with E-state index in [1.807, 2.05) is 0 Å². The summed E-state index contributed by atoms with van der Waals surface area (Å²) < 4.78 is 16.5. The van der Waals surface area contributed by atoms with E-state index in [9.17, 15) is 19.7 Å². The largest absolute Gasteiger partial charge is 0.454 e. The maximum atomic E-state index is 13.4. The van der Waals surface area contributed by atoms with Crippen molar-refractivity contribution in [2.75, 3.05) is 46.2 Å². The summed E-state index contributed by atoms with van der Waals surface area (Å²) in [4.78, 5) is 39.0. The Bertz CT molecular complexity index is 1240. The van der Waals surface area contributed by atoms with E-state index >= 15 is 0 Å². The molecule has 3 aliphatic rings. The van der Waals surface area contributed by atoms with Gasteiger partial charge in [-0.3, -0.25) is 24.6 Å². The van der Waals surface area contributed by atoms with Crippen molar-refractivity contribution < 1.29 is 28.7 Å². The molecule has 3 heterocycles. The molecule has 1 atom stereocenters. The maximum absolute atomic E-state index is 13.4. The lowest BCUT2D eigenvalue weighted by Gasteiger charge is -2.28. The van der Waals surface area contributed by atoms with Crippen molar-refractivity contribution in [2.24, 2.45) is 5.10 Å². The van der Waals surface area contributed by atoms with Crippen LogP contribution in [-0.2, 0) is 20.7 Å². The predicted octanol–water partition coefficient (Wildman–Crippen LogP) is 1.30. The van der Waals surface area contributed by atoms with Crippen molar-refractivity contribution in [3.63, 3.8) is 0 Å². The minimum Gasteiger partial charge on any atom is -0.454 e. The van der Waals surface area contributed by atoms with E-state index in [1.165, 1.54) is 24.1 Å². The third-order valence-electron chi connectivity index (χ3n) is 6.58. The highest BCUT2D eigenvalue weighted by Crippen LogP contribution is 2.37. The molecule has 0 aromatic heterocycles. The first-order valence-corrected chi connectivity index (χ1v) is 12.0. The molecule has 5 rings (SSSR count). The number of amides is 2. The molecule has 0 saturated carbocycles. The molecule has 2 amide bonds. The van der Waals surface area contributed by atoms with Crippen LogP contribution in [0.1, 0.15) is 23.6 Å². The highest BCUT2D eigenvalue weighted by atomic mass is 16.7. The molecule has 1 saturated heterocycles. The zero-order chi connectivity index (χ0) is 25.9. The van der Waals surface area contributed by atoms with Crippen molar-refractivity contribution in [3.8, 4) is 11.5 Å². The van der Waals surface area contributed by atoms with Crippen LogP contribution < -0.4 is 14.8 Å². The smallest absolute Gasteiger partial charge is 0.269 e. The Hall–Kier alpha value is -4.03. The molecule has 0 spiro atoms. The van der Waals surface area contributed by atoms with Crippen molar-refractivity contribution in [2.45, 2.75) is 19.4 Å². The van der Waals surface area contributed by atoms with E-state index in [0.29, 0.717) is 54.6 Å². The number of hydrogen-bond acceptors (Lipinski definition) is 9. The lowest BCUT2D eigenvalue weighted by molar-refractivity contribution is -0.384. The van der Waals surface area contributed by atoms with Crippen LogP contribution in [0.5, 0.6) is 11.5 Å². The molecule has 2 aromatic carbocycles. The number of carbonyl (C=O) groups is 2. The third kappa shape index (κ3) is 5.25. The topological polar surface area (TPSA) is 136 Å². The summed E-state index contributed by atoms with van der Waals surface area (Å²) in [5.74, 6) is 0.349. The summed E-state index contributed by atoms with van der Waals surface area (Å²) in [5, 5.41) is 19.9. The van der Waals surface area contributed by atoms with Gasteiger partial charge < -0.3 is 19.5 Å². The summed E-state index contributed by atoms with van der Waals surface area (Å²) in [6.07, 6.45) is 0.203. The number of fused-ring (bicyclic) bond motifs is 2. The molecule has 0 radical (unpaired) electrons. The molecule has 0 bridgehead atoms. The van der Waals surface area contributed by atoms with Crippen LogP contribution in [0, 0.1) is 10.1 Å². The standard InChI is InChI=1S/C25H27N5O7/c1-16(31)29-21(25(32)26-6-7-28-8-10-35-11-9-28)12-18-13-22-23(37-15-36-22)14-20(18)24(27-29)17-2-4-19(5-3-17)30(33)34/h2-5,13-14,21H,6-12,15H2,1H3,(H,26,32). The molecular weight excluding hydrogens is 482 g/mol.